The topological polar surface area (TPSA) is 27.7 Å². The minimum absolute atomic E-state index is 0.0437. The van der Waals surface area contributed by atoms with Gasteiger partial charge in [-0.2, -0.15) is 0 Å². The lowest BCUT2D eigenvalue weighted by Gasteiger charge is -2.24. The Hall–Kier alpha value is -0.840. The summed E-state index contributed by atoms with van der Waals surface area (Å²) in [6.07, 6.45) is 0. The molecule has 0 spiro atoms. The summed E-state index contributed by atoms with van der Waals surface area (Å²) in [5.74, 6) is 8.33. The van der Waals surface area contributed by atoms with Crippen LogP contribution in [0.15, 0.2) is 36.4 Å². The van der Waals surface area contributed by atoms with Crippen LogP contribution in [0.2, 0.25) is 0 Å². The Labute approximate surface area is 314 Å². The number of hydrogen-bond acceptors (Lipinski definition) is 9. The molecule has 48 heavy (non-hydrogen) atoms. The van der Waals surface area contributed by atoms with Crippen molar-refractivity contribution in [1.82, 2.24) is 0 Å². The summed E-state index contributed by atoms with van der Waals surface area (Å²) in [6, 6.07) is 14.2. The van der Waals surface area contributed by atoms with E-state index < -0.39 is 0 Å². The van der Waals surface area contributed by atoms with E-state index in [1.807, 2.05) is 86.1 Å². The highest BCUT2D eigenvalue weighted by atomic mass is 33.1. The van der Waals surface area contributed by atoms with Gasteiger partial charge < -0.3 is 14.2 Å². The first-order valence-corrected chi connectivity index (χ1v) is 23.9. The van der Waals surface area contributed by atoms with Crippen molar-refractivity contribution in [2.24, 2.45) is 0 Å². The van der Waals surface area contributed by atoms with Crippen LogP contribution in [0, 0.1) is 0 Å². The Kier molecular flexibility index (Phi) is 14.2. The van der Waals surface area contributed by atoms with Gasteiger partial charge in [0, 0.05) is 67.9 Å². The second kappa shape index (κ2) is 17.1. The Bertz CT molecular complexity index is 1280. The summed E-state index contributed by atoms with van der Waals surface area (Å²) >= 11 is 0. The highest BCUT2D eigenvalue weighted by molar-refractivity contribution is 8.76. The van der Waals surface area contributed by atoms with E-state index in [9.17, 15) is 0 Å². The average molecular weight is 763 g/mol. The monoisotopic (exact) mass is 762 g/mol. The zero-order valence-corrected chi connectivity index (χ0v) is 35.8. The van der Waals surface area contributed by atoms with E-state index in [0.717, 1.165) is 51.8 Å². The molecule has 3 aromatic carbocycles. The molecule has 0 saturated heterocycles. The first-order valence-electron chi connectivity index (χ1n) is 16.4. The van der Waals surface area contributed by atoms with Crippen molar-refractivity contribution < 1.29 is 14.2 Å². The predicted molar refractivity (Wildman–Crippen MR) is 223 cm³/mol. The molecule has 0 saturated carbocycles. The van der Waals surface area contributed by atoms with Crippen LogP contribution >= 0.6 is 64.8 Å². The van der Waals surface area contributed by atoms with Crippen LogP contribution < -0.4 is 14.2 Å². The van der Waals surface area contributed by atoms with Crippen molar-refractivity contribution in [3.8, 4) is 17.2 Å². The van der Waals surface area contributed by atoms with Crippen molar-refractivity contribution >= 4 is 64.8 Å². The molecule has 1 aliphatic rings. The molecule has 6 bridgehead atoms. The van der Waals surface area contributed by atoms with Gasteiger partial charge in [0.25, 0.3) is 0 Å². The molecule has 0 unspecified atom stereocenters. The number of methoxy groups -OCH3 is 3. The lowest BCUT2D eigenvalue weighted by atomic mass is 9.85. The number of rotatable bonds is 3. The van der Waals surface area contributed by atoms with Crippen LogP contribution in [-0.2, 0) is 50.8 Å². The molecule has 0 aromatic heterocycles. The second-order valence-corrected chi connectivity index (χ2v) is 22.7. The Balaban J connectivity index is 1.79. The molecule has 3 nitrogen and oxygen atoms in total. The van der Waals surface area contributed by atoms with Gasteiger partial charge in [0.15, 0.2) is 0 Å². The maximum absolute atomic E-state index is 6.13. The zero-order valence-electron chi connectivity index (χ0n) is 30.9. The largest absolute Gasteiger partial charge is 0.496 e. The molecule has 0 N–H and O–H groups in total. The van der Waals surface area contributed by atoms with Gasteiger partial charge in [-0.3, -0.25) is 0 Å². The van der Waals surface area contributed by atoms with Crippen LogP contribution in [0.3, 0.4) is 0 Å². The molecule has 0 fully saturated rings. The quantitative estimate of drug-likeness (QED) is 0.242. The Morgan fingerprint density at radius 3 is 0.646 bits per heavy atom. The van der Waals surface area contributed by atoms with Crippen LogP contribution in [0.4, 0.5) is 0 Å². The normalized spacial score (nSPS) is 15.8. The van der Waals surface area contributed by atoms with Crippen LogP contribution in [0.1, 0.15) is 112 Å². The number of benzene rings is 3. The number of hydrogen-bond donors (Lipinski definition) is 0. The van der Waals surface area contributed by atoms with Crippen molar-refractivity contribution in [3.05, 3.63) is 86.5 Å². The van der Waals surface area contributed by atoms with Crippen molar-refractivity contribution in [2.75, 3.05) is 21.3 Å². The highest BCUT2D eigenvalue weighted by Gasteiger charge is 2.24. The predicted octanol–water partition coefficient (Wildman–Crippen LogP) is 13.2. The minimum Gasteiger partial charge on any atom is -0.496 e. The molecule has 0 aliphatic carbocycles. The fourth-order valence-electron chi connectivity index (χ4n) is 5.62. The summed E-state index contributed by atoms with van der Waals surface area (Å²) in [7, 11) is 16.9. The molecule has 4 rings (SSSR count). The maximum Gasteiger partial charge on any atom is 0.127 e. The lowest BCUT2D eigenvalue weighted by Crippen LogP contribution is -2.13. The van der Waals surface area contributed by atoms with Gasteiger partial charge in [0.2, 0.25) is 0 Å². The van der Waals surface area contributed by atoms with Crippen molar-refractivity contribution in [2.45, 2.75) is 113 Å². The molecule has 1 aliphatic heterocycles. The minimum atomic E-state index is 0.0437. The summed E-state index contributed by atoms with van der Waals surface area (Å²) in [5.41, 5.74) is 11.8. The summed E-state index contributed by atoms with van der Waals surface area (Å²) in [5, 5.41) is 0. The third-order valence-corrected chi connectivity index (χ3v) is 15.2. The molecule has 264 valence electrons. The third kappa shape index (κ3) is 10.4. The molecule has 1 heterocycles. The van der Waals surface area contributed by atoms with Crippen LogP contribution in [0.25, 0.3) is 0 Å². The fraction of sp³-hybridized carbons (Fsp3) is 0.538. The lowest BCUT2D eigenvalue weighted by molar-refractivity contribution is 0.407. The van der Waals surface area contributed by atoms with E-state index >= 15 is 0 Å². The Morgan fingerprint density at radius 2 is 0.521 bits per heavy atom. The zero-order chi connectivity index (χ0) is 35.3. The molecule has 3 aromatic rings. The smallest absolute Gasteiger partial charge is 0.127 e. The summed E-state index contributed by atoms with van der Waals surface area (Å²) in [6.45, 7) is 20.7. The van der Waals surface area contributed by atoms with Gasteiger partial charge in [-0.1, -0.05) is 163 Å². The molecular weight excluding hydrogens is 709 g/mol. The molecule has 0 amide bonds. The highest BCUT2D eigenvalue weighted by Crippen LogP contribution is 2.45. The van der Waals surface area contributed by atoms with E-state index in [2.05, 4.69) is 98.7 Å². The van der Waals surface area contributed by atoms with Crippen molar-refractivity contribution in [1.29, 1.82) is 0 Å². The van der Waals surface area contributed by atoms with Crippen LogP contribution in [-0.4, -0.2) is 21.3 Å². The van der Waals surface area contributed by atoms with E-state index in [0.29, 0.717) is 0 Å². The second-order valence-electron chi connectivity index (χ2n) is 15.3. The first-order chi connectivity index (χ1) is 22.6. The standard InChI is InChI=1S/C39H54O3S6/c1-37(2,3)31-13-25-19-43-45-21-27-15-32(38(4,5)6)17-29(35(27)41-11)23-47-48-24-30-18-33(39(7,8)9)16-28(36(30)42-12)22-46-44-20-26(14-31)34(25)40-10/h13-18H,19-24H2,1-12H3. The molecule has 0 radical (unpaired) electrons. The fourth-order valence-corrected chi connectivity index (χ4v) is 12.0. The molecular formula is C39H54O3S6. The first kappa shape index (κ1) is 39.9. The number of ether oxygens (including phenoxy) is 3. The SMILES string of the molecule is COc1c2cc(C(C)(C)C)cc1CSSCc1cc(C(C)(C)C)cc(c1OC)CSSCc1cc(C(C)(C)C)cc(c1OC)CSSC2. The van der Waals surface area contributed by atoms with E-state index in [-0.39, 0.29) is 16.2 Å². The van der Waals surface area contributed by atoms with Gasteiger partial charge in [0.05, 0.1) is 21.3 Å². The molecule has 0 atom stereocenters. The maximum atomic E-state index is 6.13. The van der Waals surface area contributed by atoms with Gasteiger partial charge in [-0.05, 0) is 32.9 Å². The van der Waals surface area contributed by atoms with Gasteiger partial charge in [0.1, 0.15) is 17.2 Å². The van der Waals surface area contributed by atoms with Gasteiger partial charge >= 0.3 is 0 Å². The van der Waals surface area contributed by atoms with E-state index in [4.69, 9.17) is 14.2 Å². The van der Waals surface area contributed by atoms with Gasteiger partial charge in [-0.25, -0.2) is 0 Å². The summed E-state index contributed by atoms with van der Waals surface area (Å²) < 4.78 is 18.4. The third-order valence-electron chi connectivity index (χ3n) is 8.48. The van der Waals surface area contributed by atoms with Crippen LogP contribution in [0.5, 0.6) is 17.2 Å². The molecule has 9 heteroatoms. The van der Waals surface area contributed by atoms with Gasteiger partial charge in [-0.15, -0.1) is 0 Å². The number of fused-ring (bicyclic) bond motifs is 6. The Morgan fingerprint density at radius 1 is 0.354 bits per heavy atom. The van der Waals surface area contributed by atoms with Crippen molar-refractivity contribution in [3.63, 3.8) is 0 Å². The average Bonchev–Trinajstić information content (AvgIpc) is 3.00. The summed E-state index contributed by atoms with van der Waals surface area (Å²) in [4.78, 5) is 0. The van der Waals surface area contributed by atoms with E-state index in [1.165, 1.54) is 50.1 Å². The van der Waals surface area contributed by atoms with E-state index in [1.54, 1.807) is 0 Å².